The van der Waals surface area contributed by atoms with Crippen LogP contribution in [0, 0.1) is 16.7 Å². The van der Waals surface area contributed by atoms with Crippen LogP contribution in [0.4, 0.5) is 11.5 Å². The molecule has 0 spiro atoms. The summed E-state index contributed by atoms with van der Waals surface area (Å²) in [5.41, 5.74) is 3.22. The van der Waals surface area contributed by atoms with Crippen molar-refractivity contribution in [2.24, 2.45) is 12.5 Å². The Bertz CT molecular complexity index is 1290. The Morgan fingerprint density at radius 1 is 1.12 bits per heavy atom. The van der Waals surface area contributed by atoms with Gasteiger partial charge in [0, 0.05) is 51.2 Å². The second kappa shape index (κ2) is 7.91. The molecule has 3 saturated heterocycles. The summed E-state index contributed by atoms with van der Waals surface area (Å²) in [5.74, 6) is 0.929. The van der Waals surface area contributed by atoms with Gasteiger partial charge in [0.15, 0.2) is 5.65 Å². The molecule has 2 bridgehead atoms. The molecular formula is C25H31N7O. The zero-order valence-corrected chi connectivity index (χ0v) is 19.8. The molecule has 0 aliphatic carbocycles. The number of fused-ring (bicyclic) bond motifs is 5. The van der Waals surface area contributed by atoms with Gasteiger partial charge in [-0.15, -0.1) is 0 Å². The fourth-order valence-corrected chi connectivity index (χ4v) is 5.38. The lowest BCUT2D eigenvalue weighted by Gasteiger charge is -2.45. The minimum absolute atomic E-state index is 0.000579. The van der Waals surface area contributed by atoms with Gasteiger partial charge in [0.1, 0.15) is 11.9 Å². The van der Waals surface area contributed by atoms with Crippen molar-refractivity contribution in [3.63, 3.8) is 0 Å². The minimum Gasteiger partial charge on any atom is -0.364 e. The van der Waals surface area contributed by atoms with Crippen LogP contribution in [0.15, 0.2) is 35.4 Å². The predicted octanol–water partition coefficient (Wildman–Crippen LogP) is 3.30. The second-order valence-corrected chi connectivity index (χ2v) is 10.5. The van der Waals surface area contributed by atoms with E-state index in [1.165, 1.54) is 0 Å². The summed E-state index contributed by atoms with van der Waals surface area (Å²) in [5, 5.41) is 9.57. The van der Waals surface area contributed by atoms with E-state index < -0.39 is 0 Å². The second-order valence-electron chi connectivity index (χ2n) is 10.5. The molecule has 0 aromatic carbocycles. The van der Waals surface area contributed by atoms with Crippen LogP contribution in [0.2, 0.25) is 0 Å². The van der Waals surface area contributed by atoms with Gasteiger partial charge in [0.25, 0.3) is 0 Å². The first-order chi connectivity index (χ1) is 15.8. The number of aryl methyl sites for hydroxylation is 1. The van der Waals surface area contributed by atoms with Gasteiger partial charge in [-0.25, -0.2) is 9.78 Å². The zero-order chi connectivity index (χ0) is 23.3. The minimum atomic E-state index is -0.0187. The third-order valence-electron chi connectivity index (χ3n) is 6.89. The summed E-state index contributed by atoms with van der Waals surface area (Å²) in [7, 11) is 1.81. The smallest absolute Gasteiger partial charge is 0.330 e. The standard InChI is InChI=1S/C25H31N7O/c1-25(2,3)16-32-21-8-9-22(28-23(21)29(4)24(32)33)31-15-18-6-5-7-19(31)14-30(18)20-10-11-27-13-17(20)12-26/h8-11,13,18-19H,5-7,14-16H2,1-4H3. The molecular weight excluding hydrogens is 414 g/mol. The van der Waals surface area contributed by atoms with Crippen molar-refractivity contribution in [1.82, 2.24) is 19.1 Å². The molecule has 172 valence electrons. The first-order valence-electron chi connectivity index (χ1n) is 11.7. The van der Waals surface area contributed by atoms with Crippen molar-refractivity contribution in [3.05, 3.63) is 46.6 Å². The van der Waals surface area contributed by atoms with Gasteiger partial charge in [-0.05, 0) is 42.9 Å². The van der Waals surface area contributed by atoms with Crippen LogP contribution in [-0.4, -0.2) is 44.3 Å². The van der Waals surface area contributed by atoms with Gasteiger partial charge in [0.2, 0.25) is 0 Å². The monoisotopic (exact) mass is 445 g/mol. The number of nitriles is 1. The highest BCUT2D eigenvalue weighted by Crippen LogP contribution is 2.35. The molecule has 3 aromatic rings. The summed E-state index contributed by atoms with van der Waals surface area (Å²) in [6, 6.07) is 9.00. The quantitative estimate of drug-likeness (QED) is 0.615. The third kappa shape index (κ3) is 3.75. The number of aromatic nitrogens is 4. The number of imidazole rings is 1. The van der Waals surface area contributed by atoms with Gasteiger partial charge in [0.05, 0.1) is 16.8 Å². The van der Waals surface area contributed by atoms with Gasteiger partial charge in [-0.1, -0.05) is 20.8 Å². The average Bonchev–Trinajstić information content (AvgIpc) is 3.02. The fourth-order valence-electron chi connectivity index (χ4n) is 5.38. The van der Waals surface area contributed by atoms with E-state index in [4.69, 9.17) is 4.98 Å². The zero-order valence-electron chi connectivity index (χ0n) is 19.8. The summed E-state index contributed by atoms with van der Waals surface area (Å²) >= 11 is 0. The molecule has 0 radical (unpaired) electrons. The maximum absolute atomic E-state index is 12.9. The highest BCUT2D eigenvalue weighted by Gasteiger charge is 2.38. The number of nitrogens with zero attached hydrogens (tertiary/aromatic N) is 7. The van der Waals surface area contributed by atoms with Crippen molar-refractivity contribution in [2.75, 3.05) is 22.9 Å². The normalized spacial score (nSPS) is 20.8. The molecule has 3 aromatic heterocycles. The first kappa shape index (κ1) is 21.5. The Labute approximate surface area is 194 Å². The van der Waals surface area contributed by atoms with Gasteiger partial charge in [-0.3, -0.25) is 14.1 Å². The summed E-state index contributed by atoms with van der Waals surface area (Å²) in [6.45, 7) is 8.78. The maximum atomic E-state index is 12.9. The molecule has 3 aliphatic heterocycles. The molecule has 2 unspecified atom stereocenters. The van der Waals surface area contributed by atoms with Crippen LogP contribution in [-0.2, 0) is 13.6 Å². The molecule has 2 atom stereocenters. The summed E-state index contributed by atoms with van der Waals surface area (Å²) < 4.78 is 3.51. The lowest BCUT2D eigenvalue weighted by atomic mass is 9.97. The molecule has 6 rings (SSSR count). The van der Waals surface area contributed by atoms with E-state index in [1.54, 1.807) is 17.0 Å². The molecule has 3 aliphatic rings. The third-order valence-corrected chi connectivity index (χ3v) is 6.89. The molecule has 0 saturated carbocycles. The molecule has 8 heteroatoms. The lowest BCUT2D eigenvalue weighted by molar-refractivity contribution is 0.342. The van der Waals surface area contributed by atoms with Crippen LogP contribution >= 0.6 is 0 Å². The lowest BCUT2D eigenvalue weighted by Crippen LogP contribution is -2.57. The SMILES string of the molecule is Cn1c(=O)n(CC(C)(C)C)c2ccc(N3CC4CCCC3CN4c3ccncc3C#N)nc21. The van der Waals surface area contributed by atoms with E-state index in [-0.39, 0.29) is 11.1 Å². The van der Waals surface area contributed by atoms with E-state index in [0.29, 0.717) is 24.2 Å². The fraction of sp³-hybridized carbons (Fsp3) is 0.520. The molecule has 3 fully saturated rings. The summed E-state index contributed by atoms with van der Waals surface area (Å²) in [6.07, 6.45) is 6.75. The van der Waals surface area contributed by atoms with E-state index in [0.717, 1.165) is 55.0 Å². The molecule has 33 heavy (non-hydrogen) atoms. The number of pyridine rings is 2. The van der Waals surface area contributed by atoms with Gasteiger partial charge in [-0.2, -0.15) is 5.26 Å². The highest BCUT2D eigenvalue weighted by atomic mass is 16.1. The molecule has 0 N–H and O–H groups in total. The predicted molar refractivity (Wildman–Crippen MR) is 130 cm³/mol. The maximum Gasteiger partial charge on any atom is 0.330 e. The van der Waals surface area contributed by atoms with Gasteiger partial charge >= 0.3 is 5.69 Å². The van der Waals surface area contributed by atoms with Crippen molar-refractivity contribution in [1.29, 1.82) is 5.26 Å². The average molecular weight is 446 g/mol. The van der Waals surface area contributed by atoms with Crippen LogP contribution in [0.3, 0.4) is 0 Å². The van der Waals surface area contributed by atoms with E-state index in [2.05, 4.69) is 53.8 Å². The Morgan fingerprint density at radius 3 is 2.58 bits per heavy atom. The Morgan fingerprint density at radius 2 is 1.85 bits per heavy atom. The van der Waals surface area contributed by atoms with E-state index in [1.807, 2.05) is 17.7 Å². The largest absolute Gasteiger partial charge is 0.364 e. The molecule has 8 nitrogen and oxygen atoms in total. The van der Waals surface area contributed by atoms with Crippen LogP contribution in [0.5, 0.6) is 0 Å². The van der Waals surface area contributed by atoms with Crippen molar-refractivity contribution >= 4 is 22.7 Å². The summed E-state index contributed by atoms with van der Waals surface area (Å²) in [4.78, 5) is 26.8. The van der Waals surface area contributed by atoms with Gasteiger partial charge < -0.3 is 9.80 Å². The van der Waals surface area contributed by atoms with E-state index in [9.17, 15) is 10.1 Å². The topological polar surface area (TPSA) is 83.0 Å². The van der Waals surface area contributed by atoms with Crippen LogP contribution < -0.4 is 15.5 Å². The Balaban J connectivity index is 1.50. The number of rotatable bonds is 3. The van der Waals surface area contributed by atoms with E-state index >= 15 is 0 Å². The first-order valence-corrected chi connectivity index (χ1v) is 11.7. The van der Waals surface area contributed by atoms with Crippen molar-refractivity contribution in [3.8, 4) is 6.07 Å². The Hall–Kier alpha value is -3.34. The number of anilines is 2. The van der Waals surface area contributed by atoms with Crippen molar-refractivity contribution in [2.45, 2.75) is 58.7 Å². The Kier molecular flexibility index (Phi) is 5.15. The highest BCUT2D eigenvalue weighted by molar-refractivity contribution is 5.74. The number of piperazine rings is 1. The molecule has 6 heterocycles. The molecule has 0 amide bonds. The van der Waals surface area contributed by atoms with Crippen LogP contribution in [0.1, 0.15) is 45.6 Å². The number of hydrogen-bond acceptors (Lipinski definition) is 6. The van der Waals surface area contributed by atoms with Crippen molar-refractivity contribution < 1.29 is 0 Å². The van der Waals surface area contributed by atoms with Crippen LogP contribution in [0.25, 0.3) is 11.2 Å². The number of hydrogen-bond donors (Lipinski definition) is 0.